The van der Waals surface area contributed by atoms with Crippen molar-refractivity contribution in [1.82, 2.24) is 5.32 Å². The molecule has 1 atom stereocenters. The minimum Gasteiger partial charge on any atom is -0.310 e. The van der Waals surface area contributed by atoms with Gasteiger partial charge in [0.25, 0.3) is 0 Å². The third-order valence-corrected chi connectivity index (χ3v) is 3.24. The van der Waals surface area contributed by atoms with Gasteiger partial charge in [0.05, 0.1) is 0 Å². The van der Waals surface area contributed by atoms with Crippen molar-refractivity contribution in [2.24, 2.45) is 0 Å². The summed E-state index contributed by atoms with van der Waals surface area (Å²) in [4.78, 5) is 0. The van der Waals surface area contributed by atoms with Crippen LogP contribution in [0.15, 0.2) is 54.6 Å². The van der Waals surface area contributed by atoms with Crippen LogP contribution in [0.25, 0.3) is 0 Å². The fraction of sp³-hybridized carbons (Fsp3) is 0.294. The molecule has 1 nitrogen and oxygen atoms in total. The van der Waals surface area contributed by atoms with E-state index in [0.29, 0.717) is 6.04 Å². The third-order valence-electron chi connectivity index (χ3n) is 3.24. The molecule has 0 fully saturated rings. The molecule has 0 aliphatic heterocycles. The molecule has 0 heterocycles. The van der Waals surface area contributed by atoms with Gasteiger partial charge in [-0.1, -0.05) is 61.5 Å². The molecule has 0 saturated heterocycles. The second-order valence-electron chi connectivity index (χ2n) is 4.68. The molecule has 1 unspecified atom stereocenters. The van der Waals surface area contributed by atoms with Gasteiger partial charge in [-0.05, 0) is 36.6 Å². The number of hydrogen-bond acceptors (Lipinski definition) is 1. The van der Waals surface area contributed by atoms with Crippen LogP contribution >= 0.6 is 0 Å². The number of benzene rings is 2. The van der Waals surface area contributed by atoms with Crippen LogP contribution in [0.4, 0.5) is 0 Å². The molecule has 1 N–H and O–H groups in total. The second kappa shape index (κ2) is 6.36. The summed E-state index contributed by atoms with van der Waals surface area (Å²) in [5, 5.41) is 3.43. The van der Waals surface area contributed by atoms with Crippen molar-refractivity contribution in [3.8, 4) is 0 Å². The van der Waals surface area contributed by atoms with Gasteiger partial charge in [0, 0.05) is 6.04 Å². The van der Waals surface area contributed by atoms with E-state index in [-0.39, 0.29) is 0 Å². The van der Waals surface area contributed by atoms with Crippen molar-refractivity contribution < 1.29 is 0 Å². The maximum Gasteiger partial charge on any atom is 0.0291 e. The Bertz CT molecular complexity index is 459. The van der Waals surface area contributed by atoms with Crippen LogP contribution in [0.5, 0.6) is 0 Å². The van der Waals surface area contributed by atoms with E-state index < -0.39 is 0 Å². The maximum absolute atomic E-state index is 3.43. The smallest absolute Gasteiger partial charge is 0.0291 e. The summed E-state index contributed by atoms with van der Waals surface area (Å²) >= 11 is 0. The van der Waals surface area contributed by atoms with Gasteiger partial charge < -0.3 is 5.32 Å². The van der Waals surface area contributed by atoms with E-state index in [1.807, 2.05) is 0 Å². The molecule has 2 rings (SSSR count). The average Bonchev–Trinajstić information content (AvgIpc) is 2.41. The van der Waals surface area contributed by atoms with Crippen molar-refractivity contribution in [2.75, 3.05) is 6.54 Å². The lowest BCUT2D eigenvalue weighted by molar-refractivity contribution is 0.598. The van der Waals surface area contributed by atoms with Gasteiger partial charge in [-0.3, -0.25) is 0 Å². The molecule has 2 aromatic rings. The molecule has 0 saturated carbocycles. The molecule has 0 spiro atoms. The molecule has 0 aliphatic carbocycles. The predicted octanol–water partition coefficient (Wildman–Crippen LogP) is 3.95. The monoisotopic (exact) mass is 239 g/mol. The first-order chi connectivity index (χ1) is 8.79. The molecule has 0 amide bonds. The summed E-state index contributed by atoms with van der Waals surface area (Å²) in [6, 6.07) is 20.0. The second-order valence-corrected chi connectivity index (χ2v) is 4.68. The Kier molecular flexibility index (Phi) is 4.54. The van der Waals surface area contributed by atoms with Gasteiger partial charge in [-0.2, -0.15) is 0 Å². The third kappa shape index (κ3) is 3.44. The van der Waals surface area contributed by atoms with E-state index in [2.05, 4.69) is 73.8 Å². The Hall–Kier alpha value is -1.60. The minimum atomic E-state index is 0.431. The fourth-order valence-corrected chi connectivity index (χ4v) is 2.18. The lowest BCUT2D eigenvalue weighted by Crippen LogP contribution is -2.17. The van der Waals surface area contributed by atoms with Crippen LogP contribution in [0.3, 0.4) is 0 Å². The fourth-order valence-electron chi connectivity index (χ4n) is 2.18. The van der Waals surface area contributed by atoms with Crippen LogP contribution in [-0.2, 0) is 6.42 Å². The SMILES string of the molecule is CCNC(C)c1ccc(Cc2ccccc2)cc1. The Balaban J connectivity index is 2.04. The molecule has 0 aliphatic rings. The number of nitrogens with one attached hydrogen (secondary N) is 1. The lowest BCUT2D eigenvalue weighted by Gasteiger charge is -2.13. The normalized spacial score (nSPS) is 12.3. The molecule has 2 aromatic carbocycles. The van der Waals surface area contributed by atoms with E-state index in [0.717, 1.165) is 13.0 Å². The average molecular weight is 239 g/mol. The van der Waals surface area contributed by atoms with Gasteiger partial charge >= 0.3 is 0 Å². The maximum atomic E-state index is 3.43. The van der Waals surface area contributed by atoms with Crippen molar-refractivity contribution in [3.63, 3.8) is 0 Å². The number of rotatable bonds is 5. The Morgan fingerprint density at radius 1 is 0.889 bits per heavy atom. The van der Waals surface area contributed by atoms with Crippen molar-refractivity contribution in [1.29, 1.82) is 0 Å². The van der Waals surface area contributed by atoms with Crippen molar-refractivity contribution in [3.05, 3.63) is 71.3 Å². The van der Waals surface area contributed by atoms with Gasteiger partial charge in [0.1, 0.15) is 0 Å². The van der Waals surface area contributed by atoms with E-state index in [4.69, 9.17) is 0 Å². The molecule has 1 heteroatoms. The quantitative estimate of drug-likeness (QED) is 0.833. The minimum absolute atomic E-state index is 0.431. The zero-order chi connectivity index (χ0) is 12.8. The summed E-state index contributed by atoms with van der Waals surface area (Å²) in [5.74, 6) is 0. The highest BCUT2D eigenvalue weighted by molar-refractivity contribution is 5.29. The first-order valence-electron chi connectivity index (χ1n) is 6.65. The molecule has 0 radical (unpaired) electrons. The van der Waals surface area contributed by atoms with Crippen LogP contribution in [-0.4, -0.2) is 6.54 Å². The summed E-state index contributed by atoms with van der Waals surface area (Å²) < 4.78 is 0. The Morgan fingerprint density at radius 3 is 2.11 bits per heavy atom. The highest BCUT2D eigenvalue weighted by Crippen LogP contribution is 2.15. The van der Waals surface area contributed by atoms with Gasteiger partial charge in [0.15, 0.2) is 0 Å². The predicted molar refractivity (Wildman–Crippen MR) is 77.8 cm³/mol. The van der Waals surface area contributed by atoms with Crippen molar-refractivity contribution >= 4 is 0 Å². The van der Waals surface area contributed by atoms with E-state index in [1.165, 1.54) is 16.7 Å². The first-order valence-corrected chi connectivity index (χ1v) is 6.65. The summed E-state index contributed by atoms with van der Waals surface area (Å²) in [7, 11) is 0. The Morgan fingerprint density at radius 2 is 1.50 bits per heavy atom. The van der Waals surface area contributed by atoms with E-state index in [1.54, 1.807) is 0 Å². The van der Waals surface area contributed by atoms with E-state index in [9.17, 15) is 0 Å². The number of hydrogen-bond donors (Lipinski definition) is 1. The summed E-state index contributed by atoms with van der Waals surface area (Å²) in [5.41, 5.74) is 4.09. The molecular formula is C17H21N. The first kappa shape index (κ1) is 12.8. The van der Waals surface area contributed by atoms with Gasteiger partial charge in [0.2, 0.25) is 0 Å². The van der Waals surface area contributed by atoms with Crippen molar-refractivity contribution in [2.45, 2.75) is 26.3 Å². The zero-order valence-electron chi connectivity index (χ0n) is 11.2. The van der Waals surface area contributed by atoms with Crippen LogP contribution in [0.1, 0.15) is 36.6 Å². The van der Waals surface area contributed by atoms with E-state index >= 15 is 0 Å². The highest BCUT2D eigenvalue weighted by Gasteiger charge is 2.03. The highest BCUT2D eigenvalue weighted by atomic mass is 14.9. The lowest BCUT2D eigenvalue weighted by atomic mass is 10.0. The molecular weight excluding hydrogens is 218 g/mol. The zero-order valence-corrected chi connectivity index (χ0v) is 11.2. The van der Waals surface area contributed by atoms with Crippen LogP contribution in [0, 0.1) is 0 Å². The largest absolute Gasteiger partial charge is 0.310 e. The van der Waals surface area contributed by atoms with Gasteiger partial charge in [-0.25, -0.2) is 0 Å². The summed E-state index contributed by atoms with van der Waals surface area (Å²) in [6.07, 6.45) is 1.01. The molecule has 94 valence electrons. The molecule has 0 bridgehead atoms. The van der Waals surface area contributed by atoms with Gasteiger partial charge in [-0.15, -0.1) is 0 Å². The van der Waals surface area contributed by atoms with Crippen LogP contribution in [0.2, 0.25) is 0 Å². The molecule has 0 aromatic heterocycles. The van der Waals surface area contributed by atoms with Crippen LogP contribution < -0.4 is 5.32 Å². The topological polar surface area (TPSA) is 12.0 Å². The Labute approximate surface area is 110 Å². The molecule has 18 heavy (non-hydrogen) atoms. The standard InChI is InChI=1S/C17H21N/c1-3-18-14(2)17-11-9-16(10-12-17)13-15-7-5-4-6-8-15/h4-12,14,18H,3,13H2,1-2H3. The summed E-state index contributed by atoms with van der Waals surface area (Å²) in [6.45, 7) is 5.35.